The first-order chi connectivity index (χ1) is 12.1. The summed E-state index contributed by atoms with van der Waals surface area (Å²) in [7, 11) is 0. The molecule has 3 fully saturated rings. The van der Waals surface area contributed by atoms with Gasteiger partial charge < -0.3 is 32.7 Å². The lowest BCUT2D eigenvalue weighted by molar-refractivity contribution is -0.226. The zero-order chi connectivity index (χ0) is 19.2. The van der Waals surface area contributed by atoms with E-state index < -0.39 is 24.4 Å². The van der Waals surface area contributed by atoms with E-state index in [-0.39, 0.29) is 24.2 Å². The number of ether oxygens (including phenoxy) is 5. The molecular formula is C17H31O7PS. The second kappa shape index (κ2) is 7.65. The second-order valence-corrected chi connectivity index (χ2v) is 11.5. The standard InChI is InChI=1S/C17H31O7PS/c1-7-19-25(26,20-8-2)10-11-13(12-9-18-16(3,4)22-12)21-15-14(11)23-17(5,6)24-15/h11-15H,7-10H2,1-6H3. The van der Waals surface area contributed by atoms with Gasteiger partial charge in [0.25, 0.3) is 0 Å². The predicted octanol–water partition coefficient (Wildman–Crippen LogP) is 3.01. The minimum atomic E-state index is -2.45. The molecule has 0 aliphatic carbocycles. The first-order valence-electron chi connectivity index (χ1n) is 9.29. The lowest BCUT2D eigenvalue weighted by Gasteiger charge is -2.32. The molecule has 3 aliphatic heterocycles. The van der Waals surface area contributed by atoms with Crippen LogP contribution in [0.2, 0.25) is 0 Å². The molecule has 0 aromatic heterocycles. The van der Waals surface area contributed by atoms with Gasteiger partial charge in [-0.05, 0) is 53.3 Å². The fraction of sp³-hybridized carbons (Fsp3) is 1.00. The monoisotopic (exact) mass is 410 g/mol. The summed E-state index contributed by atoms with van der Waals surface area (Å²) in [6.07, 6.45) is -0.575. The summed E-state index contributed by atoms with van der Waals surface area (Å²) < 4.78 is 41.8. The summed E-state index contributed by atoms with van der Waals surface area (Å²) in [5.41, 5.74) is 0. The van der Waals surface area contributed by atoms with E-state index in [0.29, 0.717) is 26.0 Å². The van der Waals surface area contributed by atoms with Crippen molar-refractivity contribution in [1.82, 2.24) is 0 Å². The number of rotatable bonds is 7. The molecule has 0 N–H and O–H groups in total. The molecule has 0 bridgehead atoms. The summed E-state index contributed by atoms with van der Waals surface area (Å²) in [6.45, 7) is 10.5. The van der Waals surface area contributed by atoms with Crippen LogP contribution in [0.5, 0.6) is 0 Å². The van der Waals surface area contributed by atoms with Crippen molar-refractivity contribution in [3.63, 3.8) is 0 Å². The third kappa shape index (κ3) is 4.50. The van der Waals surface area contributed by atoms with Crippen molar-refractivity contribution >= 4 is 18.3 Å². The Labute approximate surface area is 161 Å². The molecule has 3 saturated heterocycles. The number of hydrogen-bond donors (Lipinski definition) is 0. The van der Waals surface area contributed by atoms with Gasteiger partial charge >= 0.3 is 0 Å². The minimum absolute atomic E-state index is 0.0480. The molecule has 0 aromatic rings. The molecule has 9 heteroatoms. The van der Waals surface area contributed by atoms with E-state index in [9.17, 15) is 0 Å². The van der Waals surface area contributed by atoms with Gasteiger partial charge in [0.05, 0.1) is 25.9 Å². The van der Waals surface area contributed by atoms with Crippen molar-refractivity contribution in [3.8, 4) is 0 Å². The fourth-order valence-corrected chi connectivity index (χ4v) is 6.99. The zero-order valence-electron chi connectivity index (χ0n) is 16.4. The highest BCUT2D eigenvalue weighted by atomic mass is 32.5. The predicted molar refractivity (Wildman–Crippen MR) is 99.5 cm³/mol. The van der Waals surface area contributed by atoms with Crippen LogP contribution < -0.4 is 0 Å². The number of hydrogen-bond acceptors (Lipinski definition) is 8. The van der Waals surface area contributed by atoms with Gasteiger partial charge in [-0.1, -0.05) is 0 Å². The average Bonchev–Trinajstić information content (AvgIpc) is 3.10. The topological polar surface area (TPSA) is 64.6 Å². The molecule has 5 unspecified atom stereocenters. The molecule has 0 spiro atoms. The molecule has 3 heterocycles. The first-order valence-corrected chi connectivity index (χ1v) is 12.1. The van der Waals surface area contributed by atoms with E-state index in [4.69, 9.17) is 44.5 Å². The lowest BCUT2D eigenvalue weighted by atomic mass is 9.97. The van der Waals surface area contributed by atoms with Crippen LogP contribution in [0.4, 0.5) is 0 Å². The van der Waals surface area contributed by atoms with Crippen LogP contribution in [0.25, 0.3) is 0 Å². The van der Waals surface area contributed by atoms with Gasteiger partial charge in [0.1, 0.15) is 12.2 Å². The molecular weight excluding hydrogens is 379 g/mol. The van der Waals surface area contributed by atoms with Crippen LogP contribution >= 0.6 is 6.49 Å². The highest BCUT2D eigenvalue weighted by Gasteiger charge is 2.59. The molecule has 0 radical (unpaired) electrons. The van der Waals surface area contributed by atoms with Crippen molar-refractivity contribution < 1.29 is 32.7 Å². The van der Waals surface area contributed by atoms with Gasteiger partial charge in [0.15, 0.2) is 24.4 Å². The Bertz CT molecular complexity index is 545. The zero-order valence-corrected chi connectivity index (χ0v) is 18.1. The second-order valence-electron chi connectivity index (χ2n) is 7.73. The summed E-state index contributed by atoms with van der Waals surface area (Å²) >= 11 is 5.77. The molecule has 152 valence electrons. The summed E-state index contributed by atoms with van der Waals surface area (Å²) in [4.78, 5) is 0. The highest BCUT2D eigenvalue weighted by molar-refractivity contribution is 8.09. The molecule has 26 heavy (non-hydrogen) atoms. The first kappa shape index (κ1) is 21.1. The van der Waals surface area contributed by atoms with E-state index in [2.05, 4.69) is 0 Å². The van der Waals surface area contributed by atoms with E-state index >= 15 is 0 Å². The Hall–Kier alpha value is 0.370. The van der Waals surface area contributed by atoms with Gasteiger partial charge in [-0.25, -0.2) is 0 Å². The van der Waals surface area contributed by atoms with Gasteiger partial charge in [0.2, 0.25) is 0 Å². The molecule has 0 amide bonds. The van der Waals surface area contributed by atoms with Crippen LogP contribution in [0.1, 0.15) is 41.5 Å². The molecule has 0 saturated carbocycles. The third-order valence-electron chi connectivity index (χ3n) is 4.71. The summed E-state index contributed by atoms with van der Waals surface area (Å²) in [5, 5.41) is 0. The Balaban J connectivity index is 1.81. The van der Waals surface area contributed by atoms with Crippen LogP contribution in [0.15, 0.2) is 0 Å². The maximum Gasteiger partial charge on any atom is 0.189 e. The van der Waals surface area contributed by atoms with Gasteiger partial charge in [0, 0.05) is 12.1 Å². The van der Waals surface area contributed by atoms with Crippen molar-refractivity contribution in [2.75, 3.05) is 26.0 Å². The smallest absolute Gasteiger partial charge is 0.189 e. The van der Waals surface area contributed by atoms with Gasteiger partial charge in [-0.2, -0.15) is 0 Å². The molecule has 3 aliphatic rings. The summed E-state index contributed by atoms with van der Waals surface area (Å²) in [5.74, 6) is -1.37. The maximum absolute atomic E-state index is 6.22. The van der Waals surface area contributed by atoms with Crippen LogP contribution in [-0.2, 0) is 44.5 Å². The van der Waals surface area contributed by atoms with E-state index in [1.165, 1.54) is 0 Å². The fourth-order valence-electron chi connectivity index (χ4n) is 3.84. The SMILES string of the molecule is CCOP(=S)(CC1C(C2COC(C)(C)O2)OC2OC(C)(C)OC21)OCC. The third-order valence-corrected chi connectivity index (χ3v) is 7.96. The molecule has 7 nitrogen and oxygen atoms in total. The van der Waals surface area contributed by atoms with Crippen LogP contribution in [-0.4, -0.2) is 62.2 Å². The molecule has 0 aromatic carbocycles. The van der Waals surface area contributed by atoms with Crippen LogP contribution in [0.3, 0.4) is 0 Å². The van der Waals surface area contributed by atoms with Gasteiger partial charge in [-0.3, -0.25) is 0 Å². The normalized spacial score (nSPS) is 38.6. The Kier molecular flexibility index (Phi) is 6.21. The van der Waals surface area contributed by atoms with Crippen molar-refractivity contribution in [2.24, 2.45) is 5.92 Å². The van der Waals surface area contributed by atoms with E-state index in [1.54, 1.807) is 0 Å². The largest absolute Gasteiger partial charge is 0.348 e. The molecule has 3 rings (SSSR count). The lowest BCUT2D eigenvalue weighted by Crippen LogP contribution is -2.40. The maximum atomic E-state index is 6.22. The Morgan fingerprint density at radius 3 is 2.15 bits per heavy atom. The van der Waals surface area contributed by atoms with Crippen LogP contribution in [0, 0.1) is 5.92 Å². The quantitative estimate of drug-likeness (QED) is 0.594. The van der Waals surface area contributed by atoms with Crippen molar-refractivity contribution in [3.05, 3.63) is 0 Å². The van der Waals surface area contributed by atoms with E-state index in [1.807, 2.05) is 41.5 Å². The van der Waals surface area contributed by atoms with Gasteiger partial charge in [-0.15, -0.1) is 0 Å². The summed E-state index contributed by atoms with van der Waals surface area (Å²) in [6, 6.07) is 0. The van der Waals surface area contributed by atoms with E-state index in [0.717, 1.165) is 0 Å². The average molecular weight is 410 g/mol. The Morgan fingerprint density at radius 2 is 1.62 bits per heavy atom. The Morgan fingerprint density at radius 1 is 0.962 bits per heavy atom. The number of fused-ring (bicyclic) bond motifs is 1. The van der Waals surface area contributed by atoms with Crippen molar-refractivity contribution in [2.45, 2.75) is 77.7 Å². The minimum Gasteiger partial charge on any atom is -0.348 e. The van der Waals surface area contributed by atoms with Crippen molar-refractivity contribution in [1.29, 1.82) is 0 Å². The highest BCUT2D eigenvalue weighted by Crippen LogP contribution is 2.55. The molecule has 5 atom stereocenters.